The number of thioether (sulfide) groups is 1. The number of hydrogen-bond donors (Lipinski definition) is 0. The Morgan fingerprint density at radius 2 is 1.73 bits per heavy atom. The number of aliphatic imine (C=N–C) groups is 1. The number of halogens is 1. The molecule has 5 nitrogen and oxygen atoms in total. The average Bonchev–Trinajstić information content (AvgIpc) is 3.53. The van der Waals surface area contributed by atoms with Crippen molar-refractivity contribution in [3.8, 4) is 5.75 Å². The van der Waals surface area contributed by atoms with E-state index < -0.39 is 0 Å². The first-order valence-corrected chi connectivity index (χ1v) is 13.0. The fourth-order valence-corrected chi connectivity index (χ4v) is 5.48. The van der Waals surface area contributed by atoms with Crippen molar-refractivity contribution in [3.63, 3.8) is 0 Å². The predicted molar refractivity (Wildman–Crippen MR) is 153 cm³/mol. The van der Waals surface area contributed by atoms with Crippen LogP contribution in [0.5, 0.6) is 5.75 Å². The molecular weight excluding hydrogens is 502 g/mol. The maximum Gasteiger partial charge on any atom is 0.311 e. The number of hydrogen-bond acceptors (Lipinski definition) is 5. The van der Waals surface area contributed by atoms with Gasteiger partial charge < -0.3 is 4.74 Å². The van der Waals surface area contributed by atoms with E-state index in [2.05, 4.69) is 35.3 Å². The average molecular weight is 524 g/mol. The van der Waals surface area contributed by atoms with Crippen molar-refractivity contribution >= 4 is 57.0 Å². The summed E-state index contributed by atoms with van der Waals surface area (Å²) in [6.45, 7) is 0. The molecule has 1 amide bonds. The zero-order chi connectivity index (χ0) is 25.4. The fraction of sp³-hybridized carbons (Fsp3) is 0.100. The molecule has 0 aliphatic carbocycles. The van der Waals surface area contributed by atoms with Crippen LogP contribution in [0.2, 0.25) is 5.02 Å². The van der Waals surface area contributed by atoms with E-state index in [0.29, 0.717) is 17.3 Å². The minimum absolute atomic E-state index is 0.119. The van der Waals surface area contributed by atoms with Gasteiger partial charge in [-0.05, 0) is 75.6 Å². The Bertz CT molecular complexity index is 1590. The first kappa shape index (κ1) is 23.5. The number of methoxy groups -OCH3 is 1. The number of rotatable bonds is 4. The summed E-state index contributed by atoms with van der Waals surface area (Å²) < 4.78 is 5.36. The Kier molecular flexibility index (Phi) is 6.28. The molecule has 2 heterocycles. The second-order valence-electron chi connectivity index (χ2n) is 8.81. The summed E-state index contributed by atoms with van der Waals surface area (Å²) in [6.07, 6.45) is 2.64. The number of fused-ring (bicyclic) bond motifs is 1. The molecule has 6 rings (SSSR count). The molecule has 4 aromatic rings. The van der Waals surface area contributed by atoms with Gasteiger partial charge in [0.25, 0.3) is 0 Å². The number of amides is 1. The van der Waals surface area contributed by atoms with Gasteiger partial charge in [-0.3, -0.25) is 4.79 Å². The highest BCUT2D eigenvalue weighted by atomic mass is 35.5. The normalized spacial score (nSPS) is 18.4. The Balaban J connectivity index is 1.42. The molecule has 2 aliphatic rings. The van der Waals surface area contributed by atoms with E-state index in [9.17, 15) is 4.79 Å². The van der Waals surface area contributed by atoms with E-state index in [1.807, 2.05) is 71.7 Å². The van der Waals surface area contributed by atoms with Gasteiger partial charge in [-0.25, -0.2) is 5.01 Å². The van der Waals surface area contributed by atoms with Crippen LogP contribution in [0.1, 0.15) is 29.2 Å². The van der Waals surface area contributed by atoms with E-state index in [1.165, 1.54) is 5.39 Å². The van der Waals surface area contributed by atoms with Crippen LogP contribution in [0, 0.1) is 0 Å². The molecule has 7 heteroatoms. The van der Waals surface area contributed by atoms with Gasteiger partial charge in [0.2, 0.25) is 0 Å². The lowest BCUT2D eigenvalue weighted by Gasteiger charge is -2.24. The lowest BCUT2D eigenvalue weighted by Crippen LogP contribution is -2.26. The van der Waals surface area contributed by atoms with Crippen LogP contribution in [-0.4, -0.2) is 28.9 Å². The molecule has 0 radical (unpaired) electrons. The minimum atomic E-state index is -0.252. The molecule has 0 N–H and O–H groups in total. The summed E-state index contributed by atoms with van der Waals surface area (Å²) in [5.74, 6) is 1.35. The van der Waals surface area contributed by atoms with E-state index in [0.717, 1.165) is 50.2 Å². The Hall–Kier alpha value is -3.87. The van der Waals surface area contributed by atoms with E-state index >= 15 is 0 Å². The summed E-state index contributed by atoms with van der Waals surface area (Å²) in [5.41, 5.74) is 4.01. The van der Waals surface area contributed by atoms with Crippen molar-refractivity contribution in [2.45, 2.75) is 12.5 Å². The van der Waals surface area contributed by atoms with Crippen LogP contribution in [0.15, 0.2) is 106 Å². The zero-order valence-electron chi connectivity index (χ0n) is 20.0. The fourth-order valence-electron chi connectivity index (χ4n) is 4.61. The van der Waals surface area contributed by atoms with Crippen molar-refractivity contribution in [2.24, 2.45) is 10.1 Å². The molecule has 0 saturated carbocycles. The van der Waals surface area contributed by atoms with Crippen LogP contribution in [-0.2, 0) is 0 Å². The van der Waals surface area contributed by atoms with Crippen LogP contribution < -0.4 is 4.74 Å². The number of ether oxygens (including phenoxy) is 1. The highest BCUT2D eigenvalue weighted by Gasteiger charge is 2.37. The SMILES string of the molecule is COc1ccc(C2CC(c3ccc4ccccc4c3)=NN2C2=NC(=O)S/C2=C\c2ccc(Cl)cc2)cc1. The third-order valence-corrected chi connectivity index (χ3v) is 7.53. The van der Waals surface area contributed by atoms with E-state index in [4.69, 9.17) is 21.4 Å². The van der Waals surface area contributed by atoms with Gasteiger partial charge >= 0.3 is 5.24 Å². The highest BCUT2D eigenvalue weighted by Crippen LogP contribution is 2.40. The van der Waals surface area contributed by atoms with Gasteiger partial charge in [-0.1, -0.05) is 72.3 Å². The molecule has 4 aromatic carbocycles. The topological polar surface area (TPSA) is 54.3 Å². The van der Waals surface area contributed by atoms with E-state index in [1.54, 1.807) is 7.11 Å². The predicted octanol–water partition coefficient (Wildman–Crippen LogP) is 7.96. The van der Waals surface area contributed by atoms with Crippen molar-refractivity contribution in [1.82, 2.24) is 5.01 Å². The number of benzene rings is 4. The maximum absolute atomic E-state index is 12.5. The first-order chi connectivity index (χ1) is 18.1. The number of carbonyl (C=O) groups is 1. The van der Waals surface area contributed by atoms with Crippen molar-refractivity contribution in [3.05, 3.63) is 118 Å². The lowest BCUT2D eigenvalue weighted by molar-refractivity contribution is 0.267. The summed E-state index contributed by atoms with van der Waals surface area (Å²) in [7, 11) is 1.65. The Morgan fingerprint density at radius 3 is 2.49 bits per heavy atom. The maximum atomic E-state index is 12.5. The van der Waals surface area contributed by atoms with Crippen molar-refractivity contribution < 1.29 is 9.53 Å². The number of carbonyl (C=O) groups excluding carboxylic acids is 1. The molecule has 0 fully saturated rings. The van der Waals surface area contributed by atoms with E-state index in [-0.39, 0.29) is 11.3 Å². The molecule has 0 saturated heterocycles. The zero-order valence-corrected chi connectivity index (χ0v) is 21.5. The lowest BCUT2D eigenvalue weighted by atomic mass is 9.97. The number of nitrogens with zero attached hydrogens (tertiary/aromatic N) is 3. The molecule has 0 spiro atoms. The van der Waals surface area contributed by atoms with Crippen molar-refractivity contribution in [1.29, 1.82) is 0 Å². The number of hydrazone groups is 1. The standard InChI is InChI=1S/C30H22ClN3O2S/c1-36-25-14-10-21(11-15-25)27-18-26(23-9-8-20-4-2-3-5-22(20)17-23)33-34(27)29-28(37-30(35)32-29)16-19-6-12-24(31)13-7-19/h2-17,27H,18H2,1H3/b28-16-. The molecule has 37 heavy (non-hydrogen) atoms. The number of amidine groups is 1. The molecule has 182 valence electrons. The molecule has 0 aromatic heterocycles. The highest BCUT2D eigenvalue weighted by molar-refractivity contribution is 8.18. The second-order valence-corrected chi connectivity index (χ2v) is 10.2. The third-order valence-electron chi connectivity index (χ3n) is 6.49. The van der Waals surface area contributed by atoms with Gasteiger partial charge in [0.15, 0.2) is 5.84 Å². The van der Waals surface area contributed by atoms with Gasteiger partial charge in [0, 0.05) is 11.4 Å². The molecule has 1 atom stereocenters. The minimum Gasteiger partial charge on any atom is -0.497 e. The molecule has 2 aliphatic heterocycles. The summed E-state index contributed by atoms with van der Waals surface area (Å²) in [5, 5.41) is 9.70. The quantitative estimate of drug-likeness (QED) is 0.272. The van der Waals surface area contributed by atoms with Crippen LogP contribution in [0.25, 0.3) is 16.8 Å². The van der Waals surface area contributed by atoms with Crippen LogP contribution in [0.3, 0.4) is 0 Å². The Labute approximate surface area is 224 Å². The monoisotopic (exact) mass is 523 g/mol. The summed E-state index contributed by atoms with van der Waals surface area (Å²) >= 11 is 7.18. The summed E-state index contributed by atoms with van der Waals surface area (Å²) in [4.78, 5) is 17.7. The van der Waals surface area contributed by atoms with Crippen molar-refractivity contribution in [2.75, 3.05) is 7.11 Å². The van der Waals surface area contributed by atoms with Gasteiger partial charge in [0.1, 0.15) is 5.75 Å². The summed E-state index contributed by atoms with van der Waals surface area (Å²) in [6, 6.07) is 30.1. The molecule has 0 bridgehead atoms. The van der Waals surface area contributed by atoms with Gasteiger partial charge in [-0.15, -0.1) is 0 Å². The second kappa shape index (κ2) is 9.88. The smallest absolute Gasteiger partial charge is 0.311 e. The van der Waals surface area contributed by atoms with Gasteiger partial charge in [0.05, 0.1) is 23.8 Å². The van der Waals surface area contributed by atoms with Gasteiger partial charge in [-0.2, -0.15) is 10.1 Å². The van der Waals surface area contributed by atoms with Crippen LogP contribution in [0.4, 0.5) is 4.79 Å². The molecule has 1 unspecified atom stereocenters. The largest absolute Gasteiger partial charge is 0.497 e. The first-order valence-electron chi connectivity index (χ1n) is 11.9. The van der Waals surface area contributed by atoms with Crippen LogP contribution >= 0.6 is 23.4 Å². The Morgan fingerprint density at radius 1 is 0.973 bits per heavy atom. The molecular formula is C30H22ClN3O2S. The third kappa shape index (κ3) is 4.78.